The Morgan fingerprint density at radius 3 is 2.67 bits per heavy atom. The third-order valence-corrected chi connectivity index (χ3v) is 7.18. The zero-order chi connectivity index (χ0) is 28.8. The summed E-state index contributed by atoms with van der Waals surface area (Å²) < 4.78 is 8.60. The maximum absolute atomic E-state index is 13.5. The van der Waals surface area contributed by atoms with Crippen molar-refractivity contribution < 1.29 is 19.4 Å². The number of ether oxygens (including phenoxy) is 1. The van der Waals surface area contributed by atoms with Crippen LogP contribution in [-0.4, -0.2) is 60.6 Å². The van der Waals surface area contributed by atoms with E-state index in [-0.39, 0.29) is 46.3 Å². The van der Waals surface area contributed by atoms with E-state index in [0.717, 1.165) is 25.7 Å². The molecule has 5 rings (SSSR count). The van der Waals surface area contributed by atoms with Crippen molar-refractivity contribution in [2.45, 2.75) is 89.5 Å². The van der Waals surface area contributed by atoms with Crippen molar-refractivity contribution in [2.75, 3.05) is 17.3 Å². The SMILES string of the molecule is CN(C(=O)OC(C)(C)C)c1cc(Nc2cccn(C3CCC[C@](C)(O)C3)c2=O)nc2c(C(=O)NC3CC3)cnn12. The second-order valence-corrected chi connectivity index (χ2v) is 12.1. The molecule has 40 heavy (non-hydrogen) atoms. The monoisotopic (exact) mass is 551 g/mol. The number of fused-ring (bicyclic) bond motifs is 1. The molecule has 0 aliphatic heterocycles. The summed E-state index contributed by atoms with van der Waals surface area (Å²) in [7, 11) is 1.54. The Morgan fingerprint density at radius 1 is 1.25 bits per heavy atom. The molecule has 2 aliphatic rings. The average molecular weight is 552 g/mol. The van der Waals surface area contributed by atoms with E-state index in [1.807, 2.05) is 0 Å². The molecule has 3 aromatic rings. The molecular formula is C28H37N7O5. The van der Waals surface area contributed by atoms with Crippen molar-refractivity contribution in [1.82, 2.24) is 24.5 Å². The lowest BCUT2D eigenvalue weighted by molar-refractivity contribution is 0.00333. The fraction of sp³-hybridized carbons (Fsp3) is 0.536. The number of amides is 2. The molecule has 0 bridgehead atoms. The Bertz CT molecular complexity index is 1500. The van der Waals surface area contributed by atoms with E-state index >= 15 is 0 Å². The van der Waals surface area contributed by atoms with Crippen LogP contribution < -0.4 is 21.1 Å². The Kier molecular flexibility index (Phi) is 7.07. The Balaban J connectivity index is 1.53. The van der Waals surface area contributed by atoms with Crippen molar-refractivity contribution in [3.8, 4) is 0 Å². The molecule has 214 valence electrons. The summed E-state index contributed by atoms with van der Waals surface area (Å²) in [5.41, 5.74) is -1.04. The minimum absolute atomic E-state index is 0.130. The van der Waals surface area contributed by atoms with Gasteiger partial charge in [0.15, 0.2) is 5.65 Å². The van der Waals surface area contributed by atoms with Crippen LogP contribution in [0.5, 0.6) is 0 Å². The minimum atomic E-state index is -0.820. The molecule has 3 N–H and O–H groups in total. The van der Waals surface area contributed by atoms with Crippen molar-refractivity contribution in [1.29, 1.82) is 0 Å². The fourth-order valence-corrected chi connectivity index (χ4v) is 5.02. The highest BCUT2D eigenvalue weighted by atomic mass is 16.6. The first-order valence-corrected chi connectivity index (χ1v) is 13.7. The van der Waals surface area contributed by atoms with Crippen molar-refractivity contribution in [3.63, 3.8) is 0 Å². The topological polar surface area (TPSA) is 143 Å². The molecule has 3 heterocycles. The zero-order valence-electron chi connectivity index (χ0n) is 23.6. The average Bonchev–Trinajstić information content (AvgIpc) is 3.57. The first-order valence-electron chi connectivity index (χ1n) is 13.7. The Morgan fingerprint density at radius 2 is 2.00 bits per heavy atom. The molecule has 1 unspecified atom stereocenters. The maximum atomic E-state index is 13.5. The van der Waals surface area contributed by atoms with Crippen LogP contribution in [0.2, 0.25) is 0 Å². The van der Waals surface area contributed by atoms with Gasteiger partial charge >= 0.3 is 6.09 Å². The number of anilines is 3. The van der Waals surface area contributed by atoms with Gasteiger partial charge in [0, 0.05) is 31.4 Å². The number of aromatic nitrogens is 4. The summed E-state index contributed by atoms with van der Waals surface area (Å²) in [5, 5.41) is 21.0. The Labute approximate surface area is 232 Å². The van der Waals surface area contributed by atoms with Crippen molar-refractivity contribution in [2.24, 2.45) is 0 Å². The summed E-state index contributed by atoms with van der Waals surface area (Å²) in [6.45, 7) is 7.12. The molecule has 2 aliphatic carbocycles. The zero-order valence-corrected chi connectivity index (χ0v) is 23.6. The van der Waals surface area contributed by atoms with Crippen molar-refractivity contribution >= 4 is 35.0 Å². The highest BCUT2D eigenvalue weighted by Gasteiger charge is 2.32. The van der Waals surface area contributed by atoms with E-state index in [4.69, 9.17) is 4.74 Å². The first kappa shape index (κ1) is 27.6. The van der Waals surface area contributed by atoms with E-state index in [1.165, 1.54) is 15.6 Å². The quantitative estimate of drug-likeness (QED) is 0.420. The number of carbonyl (C=O) groups is 2. The lowest BCUT2D eigenvalue weighted by atomic mass is 9.83. The molecule has 2 atom stereocenters. The van der Waals surface area contributed by atoms with Gasteiger partial charge < -0.3 is 25.0 Å². The summed E-state index contributed by atoms with van der Waals surface area (Å²) in [6, 6.07) is 5.01. The van der Waals surface area contributed by atoms with Gasteiger partial charge in [-0.1, -0.05) is 0 Å². The second kappa shape index (κ2) is 10.2. The third-order valence-electron chi connectivity index (χ3n) is 7.18. The summed E-state index contributed by atoms with van der Waals surface area (Å²) >= 11 is 0. The number of pyridine rings is 1. The predicted octanol–water partition coefficient (Wildman–Crippen LogP) is 3.76. The molecule has 0 radical (unpaired) electrons. The lowest BCUT2D eigenvalue weighted by Gasteiger charge is -2.34. The molecule has 0 spiro atoms. The standard InChI is InChI=1S/C28H37N7O5/c1-27(2,3)40-26(38)33(5)22-14-21(32-23-19(16-29-35(22)23)24(36)30-17-10-11-17)31-20-9-7-13-34(25(20)37)18-8-6-12-28(4,39)15-18/h7,9,13-14,16-18,39H,6,8,10-12,15H2,1-5H3,(H,30,36)(H,31,32)/t18?,28-/m0/s1. The van der Waals surface area contributed by atoms with Crippen LogP contribution in [0.1, 0.15) is 82.6 Å². The van der Waals surface area contributed by atoms with Crippen LogP contribution in [0.15, 0.2) is 35.4 Å². The van der Waals surface area contributed by atoms with E-state index < -0.39 is 17.3 Å². The normalized spacial score (nSPS) is 21.2. The van der Waals surface area contributed by atoms with Crippen molar-refractivity contribution in [3.05, 3.63) is 46.5 Å². The first-order chi connectivity index (χ1) is 18.8. The van der Waals surface area contributed by atoms with E-state index in [1.54, 1.807) is 63.7 Å². The molecule has 12 heteroatoms. The van der Waals surface area contributed by atoms with Gasteiger partial charge in [-0.3, -0.25) is 14.5 Å². The van der Waals surface area contributed by atoms with Crippen LogP contribution in [0.4, 0.5) is 22.1 Å². The van der Waals surface area contributed by atoms with Crippen LogP contribution in [-0.2, 0) is 4.74 Å². The second-order valence-electron chi connectivity index (χ2n) is 12.1. The molecule has 2 saturated carbocycles. The van der Waals surface area contributed by atoms with Gasteiger partial charge in [-0.15, -0.1) is 0 Å². The smallest absolute Gasteiger partial charge is 0.415 e. The highest BCUT2D eigenvalue weighted by Crippen LogP contribution is 2.34. The largest absolute Gasteiger partial charge is 0.443 e. The van der Waals surface area contributed by atoms with Gasteiger partial charge in [0.05, 0.1) is 11.8 Å². The van der Waals surface area contributed by atoms with Gasteiger partial charge in [-0.25, -0.2) is 9.78 Å². The van der Waals surface area contributed by atoms with Gasteiger partial charge in [0.2, 0.25) is 0 Å². The number of rotatable bonds is 6. The van der Waals surface area contributed by atoms with Crippen LogP contribution in [0, 0.1) is 0 Å². The van der Waals surface area contributed by atoms with E-state index in [2.05, 4.69) is 20.7 Å². The highest BCUT2D eigenvalue weighted by molar-refractivity contribution is 6.00. The van der Waals surface area contributed by atoms with Gasteiger partial charge in [-0.05, 0) is 78.4 Å². The molecule has 3 aromatic heterocycles. The molecule has 0 aromatic carbocycles. The molecular weight excluding hydrogens is 514 g/mol. The Hall–Kier alpha value is -3.93. The van der Waals surface area contributed by atoms with E-state index in [9.17, 15) is 19.5 Å². The van der Waals surface area contributed by atoms with Crippen LogP contribution in [0.3, 0.4) is 0 Å². The van der Waals surface area contributed by atoms with Crippen LogP contribution in [0.25, 0.3) is 5.65 Å². The lowest BCUT2D eigenvalue weighted by Crippen LogP contribution is -2.36. The summed E-state index contributed by atoms with van der Waals surface area (Å²) in [4.78, 5) is 45.3. The number of nitrogens with one attached hydrogen (secondary N) is 2. The van der Waals surface area contributed by atoms with Gasteiger partial charge in [0.25, 0.3) is 11.5 Å². The number of hydrogen-bond acceptors (Lipinski definition) is 8. The predicted molar refractivity (Wildman–Crippen MR) is 150 cm³/mol. The van der Waals surface area contributed by atoms with E-state index in [0.29, 0.717) is 18.7 Å². The maximum Gasteiger partial charge on any atom is 0.415 e. The van der Waals surface area contributed by atoms with Gasteiger partial charge in [0.1, 0.15) is 28.5 Å². The summed E-state index contributed by atoms with van der Waals surface area (Å²) in [6.07, 6.45) is 7.20. The number of aliphatic hydroxyl groups is 1. The molecule has 2 fully saturated rings. The minimum Gasteiger partial charge on any atom is -0.443 e. The van der Waals surface area contributed by atoms with Crippen LogP contribution >= 0.6 is 0 Å². The number of hydrogen-bond donors (Lipinski definition) is 3. The third kappa shape index (κ3) is 5.96. The summed E-state index contributed by atoms with van der Waals surface area (Å²) in [5.74, 6) is 0.246. The molecule has 0 saturated heterocycles. The fourth-order valence-electron chi connectivity index (χ4n) is 5.02. The van der Waals surface area contributed by atoms with Gasteiger partial charge in [-0.2, -0.15) is 9.61 Å². The number of carbonyl (C=O) groups excluding carboxylic acids is 2. The molecule has 2 amide bonds. The molecule has 12 nitrogen and oxygen atoms in total. The number of nitrogens with zero attached hydrogens (tertiary/aromatic N) is 5.